The maximum Gasteiger partial charge on any atom is 0.271 e. The number of carbonyl (C=O) groups is 2. The lowest BCUT2D eigenvalue weighted by molar-refractivity contribution is -0.114. The van der Waals surface area contributed by atoms with Crippen molar-refractivity contribution in [1.29, 1.82) is 0 Å². The summed E-state index contributed by atoms with van der Waals surface area (Å²) >= 11 is 3.20. The number of nitrogens with one attached hydrogen (secondary N) is 2. The van der Waals surface area contributed by atoms with E-state index in [9.17, 15) is 14.7 Å². The number of hydrogen-bond acceptors (Lipinski definition) is 4. The van der Waals surface area contributed by atoms with E-state index in [2.05, 4.69) is 31.8 Å². The lowest BCUT2D eigenvalue weighted by atomic mass is 10.2. The fraction of sp³-hybridized carbons (Fsp3) is 0.0625. The molecule has 23 heavy (non-hydrogen) atoms. The van der Waals surface area contributed by atoms with Crippen molar-refractivity contribution in [2.75, 3.05) is 5.32 Å². The van der Waals surface area contributed by atoms with Gasteiger partial charge in [-0.1, -0.05) is 6.07 Å². The molecule has 0 spiro atoms. The molecule has 118 valence electrons. The third-order valence-electron chi connectivity index (χ3n) is 2.80. The number of benzene rings is 2. The van der Waals surface area contributed by atoms with E-state index in [-0.39, 0.29) is 11.7 Å². The van der Waals surface area contributed by atoms with Gasteiger partial charge in [-0.15, -0.1) is 0 Å². The number of anilines is 1. The third-order valence-corrected chi connectivity index (χ3v) is 3.43. The summed E-state index contributed by atoms with van der Waals surface area (Å²) in [7, 11) is 0. The summed E-state index contributed by atoms with van der Waals surface area (Å²) in [6.07, 6.45) is 1.46. The second-order valence-electron chi connectivity index (χ2n) is 4.67. The van der Waals surface area contributed by atoms with Gasteiger partial charge in [-0.3, -0.25) is 9.59 Å². The van der Waals surface area contributed by atoms with Crippen LogP contribution in [0.2, 0.25) is 0 Å². The minimum absolute atomic E-state index is 0.126. The zero-order valence-corrected chi connectivity index (χ0v) is 13.8. The van der Waals surface area contributed by atoms with Crippen molar-refractivity contribution in [1.82, 2.24) is 5.43 Å². The lowest BCUT2D eigenvalue weighted by Gasteiger charge is -2.04. The molecule has 0 aliphatic rings. The Hall–Kier alpha value is -2.67. The van der Waals surface area contributed by atoms with Crippen molar-refractivity contribution < 1.29 is 14.7 Å². The summed E-state index contributed by atoms with van der Waals surface area (Å²) in [5.41, 5.74) is 4.03. The quantitative estimate of drug-likeness (QED) is 0.566. The Bertz CT molecular complexity index is 775. The van der Waals surface area contributed by atoms with Gasteiger partial charge in [0.05, 0.1) is 10.7 Å². The number of rotatable bonds is 4. The molecule has 0 heterocycles. The van der Waals surface area contributed by atoms with Crippen LogP contribution >= 0.6 is 15.9 Å². The number of hydrogen-bond donors (Lipinski definition) is 3. The summed E-state index contributed by atoms with van der Waals surface area (Å²) in [4.78, 5) is 23.0. The molecule has 0 unspecified atom stereocenters. The fourth-order valence-electron chi connectivity index (χ4n) is 1.77. The predicted molar refractivity (Wildman–Crippen MR) is 91.6 cm³/mol. The van der Waals surface area contributed by atoms with E-state index in [1.165, 1.54) is 19.2 Å². The maximum absolute atomic E-state index is 12.0. The molecule has 0 aliphatic carbocycles. The summed E-state index contributed by atoms with van der Waals surface area (Å²) < 4.78 is 0.538. The van der Waals surface area contributed by atoms with Crippen molar-refractivity contribution in [3.63, 3.8) is 0 Å². The standard InChI is InChI=1S/C16H14BrN3O3/c1-10(21)19-13-4-2-3-12(8-13)16(23)20-18-9-11-5-6-15(22)14(17)7-11/h2-9,22H,1H3,(H,19,21)(H,20,23)/b18-9-. The Morgan fingerprint density at radius 2 is 2.00 bits per heavy atom. The van der Waals surface area contributed by atoms with Gasteiger partial charge in [0.15, 0.2) is 0 Å². The molecule has 2 amide bonds. The van der Waals surface area contributed by atoms with Crippen molar-refractivity contribution in [3.8, 4) is 5.75 Å². The lowest BCUT2D eigenvalue weighted by Crippen LogP contribution is -2.18. The van der Waals surface area contributed by atoms with Gasteiger partial charge in [0.1, 0.15) is 5.75 Å². The van der Waals surface area contributed by atoms with E-state index in [4.69, 9.17) is 0 Å². The molecule has 0 saturated heterocycles. The van der Waals surface area contributed by atoms with Crippen LogP contribution in [0.5, 0.6) is 5.75 Å². The van der Waals surface area contributed by atoms with E-state index in [0.717, 1.165) is 0 Å². The molecular weight excluding hydrogens is 362 g/mol. The number of hydrazone groups is 1. The van der Waals surface area contributed by atoms with Gasteiger partial charge in [-0.05, 0) is 57.9 Å². The normalized spacial score (nSPS) is 10.5. The summed E-state index contributed by atoms with van der Waals surface area (Å²) in [5.74, 6) is -0.481. The van der Waals surface area contributed by atoms with Gasteiger partial charge in [0.25, 0.3) is 5.91 Å². The van der Waals surface area contributed by atoms with Gasteiger partial charge >= 0.3 is 0 Å². The van der Waals surface area contributed by atoms with Crippen LogP contribution < -0.4 is 10.7 Å². The molecule has 0 radical (unpaired) electrons. The van der Waals surface area contributed by atoms with Gasteiger partial charge in [0, 0.05) is 18.2 Å². The summed E-state index contributed by atoms with van der Waals surface area (Å²) in [6.45, 7) is 1.40. The Labute approximate surface area is 141 Å². The average Bonchev–Trinajstić information content (AvgIpc) is 2.50. The highest BCUT2D eigenvalue weighted by atomic mass is 79.9. The van der Waals surface area contributed by atoms with E-state index in [0.29, 0.717) is 21.3 Å². The monoisotopic (exact) mass is 375 g/mol. The number of amides is 2. The Morgan fingerprint density at radius 3 is 2.70 bits per heavy atom. The van der Waals surface area contributed by atoms with Crippen LogP contribution in [-0.4, -0.2) is 23.1 Å². The van der Waals surface area contributed by atoms with Crippen LogP contribution in [0.25, 0.3) is 0 Å². The first-order chi connectivity index (χ1) is 11.0. The highest BCUT2D eigenvalue weighted by molar-refractivity contribution is 9.10. The first-order valence-electron chi connectivity index (χ1n) is 6.65. The Kier molecular flexibility index (Phi) is 5.48. The Morgan fingerprint density at radius 1 is 1.22 bits per heavy atom. The SMILES string of the molecule is CC(=O)Nc1cccc(C(=O)N/N=C\c2ccc(O)c(Br)c2)c1. The minimum atomic E-state index is -0.397. The third kappa shape index (κ3) is 4.93. The number of aromatic hydroxyl groups is 1. The number of phenols is 1. The molecule has 2 aromatic carbocycles. The van der Waals surface area contributed by atoms with Crippen molar-refractivity contribution in [3.05, 3.63) is 58.1 Å². The van der Waals surface area contributed by atoms with Crippen LogP contribution in [0, 0.1) is 0 Å². The first-order valence-corrected chi connectivity index (χ1v) is 7.44. The van der Waals surface area contributed by atoms with Gasteiger partial charge < -0.3 is 10.4 Å². The van der Waals surface area contributed by atoms with Crippen LogP contribution in [-0.2, 0) is 4.79 Å². The van der Waals surface area contributed by atoms with E-state index >= 15 is 0 Å². The molecule has 2 aromatic rings. The Balaban J connectivity index is 2.02. The van der Waals surface area contributed by atoms with Crippen molar-refractivity contribution >= 4 is 39.6 Å². The molecule has 6 nitrogen and oxygen atoms in total. The predicted octanol–water partition coefficient (Wildman–Crippen LogP) is 2.88. The number of halogens is 1. The molecule has 0 atom stereocenters. The molecule has 0 bridgehead atoms. The molecule has 7 heteroatoms. The number of nitrogens with zero attached hydrogens (tertiary/aromatic N) is 1. The molecule has 2 rings (SSSR count). The number of carbonyl (C=O) groups excluding carboxylic acids is 2. The summed E-state index contributed by atoms with van der Waals surface area (Å²) in [5, 5.41) is 15.9. The second kappa shape index (κ2) is 7.55. The van der Waals surface area contributed by atoms with E-state index < -0.39 is 5.91 Å². The smallest absolute Gasteiger partial charge is 0.271 e. The van der Waals surface area contributed by atoms with Gasteiger partial charge in [-0.25, -0.2) is 5.43 Å². The summed E-state index contributed by atoms with van der Waals surface area (Å²) in [6, 6.07) is 11.4. The van der Waals surface area contributed by atoms with Gasteiger partial charge in [0.2, 0.25) is 5.91 Å². The topological polar surface area (TPSA) is 90.8 Å². The fourth-order valence-corrected chi connectivity index (χ4v) is 2.17. The van der Waals surface area contributed by atoms with E-state index in [1.54, 1.807) is 36.4 Å². The second-order valence-corrected chi connectivity index (χ2v) is 5.53. The van der Waals surface area contributed by atoms with Crippen LogP contribution in [0.4, 0.5) is 5.69 Å². The highest BCUT2D eigenvalue weighted by Gasteiger charge is 2.05. The first kappa shape index (κ1) is 16.7. The zero-order chi connectivity index (χ0) is 16.8. The highest BCUT2D eigenvalue weighted by Crippen LogP contribution is 2.23. The van der Waals surface area contributed by atoms with Crippen LogP contribution in [0.1, 0.15) is 22.8 Å². The molecule has 3 N–H and O–H groups in total. The largest absolute Gasteiger partial charge is 0.507 e. The minimum Gasteiger partial charge on any atom is -0.507 e. The van der Waals surface area contributed by atoms with Crippen molar-refractivity contribution in [2.24, 2.45) is 5.10 Å². The number of phenolic OH excluding ortho intramolecular Hbond substituents is 1. The molecule has 0 aromatic heterocycles. The zero-order valence-electron chi connectivity index (χ0n) is 12.2. The molecule has 0 saturated carbocycles. The maximum atomic E-state index is 12.0. The molecular formula is C16H14BrN3O3. The average molecular weight is 376 g/mol. The van der Waals surface area contributed by atoms with Crippen molar-refractivity contribution in [2.45, 2.75) is 6.92 Å². The van der Waals surface area contributed by atoms with Crippen LogP contribution in [0.15, 0.2) is 52.0 Å². The van der Waals surface area contributed by atoms with Crippen LogP contribution in [0.3, 0.4) is 0 Å². The molecule has 0 fully saturated rings. The molecule has 0 aliphatic heterocycles. The van der Waals surface area contributed by atoms with Gasteiger partial charge in [-0.2, -0.15) is 5.10 Å². The van der Waals surface area contributed by atoms with E-state index in [1.807, 2.05) is 0 Å².